The Hall–Kier alpha value is -2.95. The van der Waals surface area contributed by atoms with E-state index in [4.69, 9.17) is 0 Å². The van der Waals surface area contributed by atoms with E-state index in [0.29, 0.717) is 18.5 Å². The standard InChI is InChI=1S/C21H22N2O3/c24-15-13-18(16-8-3-1-4-9-16)22-20(25)19-12-7-14-23(19)21(26)17-10-5-2-6-11-17/h1-6,8-11,15,18-19H,7,12-14H2,(H,22,25)/t18-,19+/m1/s1. The Labute approximate surface area is 153 Å². The van der Waals surface area contributed by atoms with Gasteiger partial charge in [-0.1, -0.05) is 48.5 Å². The number of nitrogens with one attached hydrogen (secondary N) is 1. The molecule has 26 heavy (non-hydrogen) atoms. The van der Waals surface area contributed by atoms with Gasteiger partial charge in [0.05, 0.1) is 6.04 Å². The number of benzene rings is 2. The normalized spacial score (nSPS) is 17.5. The number of nitrogens with zero attached hydrogens (tertiary/aromatic N) is 1. The van der Waals surface area contributed by atoms with Crippen LogP contribution in [0, 0.1) is 0 Å². The maximum atomic E-state index is 12.8. The highest BCUT2D eigenvalue weighted by atomic mass is 16.2. The SMILES string of the molecule is O=CC[C@@H](NC(=O)[C@@H]1CCCN1C(=O)c1ccccc1)c1ccccc1. The van der Waals surface area contributed by atoms with Gasteiger partial charge in [-0.25, -0.2) is 0 Å². The zero-order valence-corrected chi connectivity index (χ0v) is 14.5. The minimum atomic E-state index is -0.499. The summed E-state index contributed by atoms with van der Waals surface area (Å²) < 4.78 is 0. The number of aldehydes is 1. The third-order valence-corrected chi connectivity index (χ3v) is 4.69. The Balaban J connectivity index is 1.73. The van der Waals surface area contributed by atoms with Gasteiger partial charge in [0.15, 0.2) is 0 Å². The maximum Gasteiger partial charge on any atom is 0.254 e. The molecule has 5 nitrogen and oxygen atoms in total. The van der Waals surface area contributed by atoms with Crippen molar-refractivity contribution in [1.29, 1.82) is 0 Å². The molecule has 1 N–H and O–H groups in total. The number of carbonyl (C=O) groups is 3. The molecule has 3 rings (SSSR count). The molecule has 1 saturated heterocycles. The van der Waals surface area contributed by atoms with Crippen LogP contribution in [0.3, 0.4) is 0 Å². The Morgan fingerprint density at radius 2 is 1.73 bits per heavy atom. The number of amides is 2. The van der Waals surface area contributed by atoms with Crippen molar-refractivity contribution in [2.24, 2.45) is 0 Å². The van der Waals surface area contributed by atoms with Gasteiger partial charge in [-0.2, -0.15) is 0 Å². The predicted molar refractivity (Wildman–Crippen MR) is 98.5 cm³/mol. The first-order valence-electron chi connectivity index (χ1n) is 8.85. The summed E-state index contributed by atoms with van der Waals surface area (Å²) in [7, 11) is 0. The van der Waals surface area contributed by atoms with Crippen LogP contribution in [0.4, 0.5) is 0 Å². The molecule has 1 aliphatic heterocycles. The van der Waals surface area contributed by atoms with E-state index in [1.807, 2.05) is 48.5 Å². The largest absolute Gasteiger partial charge is 0.347 e. The summed E-state index contributed by atoms with van der Waals surface area (Å²) in [5, 5.41) is 2.95. The fourth-order valence-corrected chi connectivity index (χ4v) is 3.36. The van der Waals surface area contributed by atoms with Crippen molar-refractivity contribution in [3.8, 4) is 0 Å². The molecule has 2 aromatic rings. The minimum absolute atomic E-state index is 0.130. The van der Waals surface area contributed by atoms with Crippen LogP contribution in [0.5, 0.6) is 0 Å². The second kappa shape index (κ2) is 8.43. The van der Waals surface area contributed by atoms with Crippen LogP contribution in [0.2, 0.25) is 0 Å². The van der Waals surface area contributed by atoms with Crippen molar-refractivity contribution in [3.63, 3.8) is 0 Å². The molecule has 0 unspecified atom stereocenters. The molecule has 0 aromatic heterocycles. The van der Waals surface area contributed by atoms with Crippen molar-refractivity contribution in [3.05, 3.63) is 71.8 Å². The number of hydrogen-bond donors (Lipinski definition) is 1. The Morgan fingerprint density at radius 3 is 2.38 bits per heavy atom. The quantitative estimate of drug-likeness (QED) is 0.815. The van der Waals surface area contributed by atoms with Gasteiger partial charge in [0.2, 0.25) is 5.91 Å². The lowest BCUT2D eigenvalue weighted by Crippen LogP contribution is -2.47. The molecule has 2 amide bonds. The fourth-order valence-electron chi connectivity index (χ4n) is 3.36. The molecule has 0 aliphatic carbocycles. The first-order valence-corrected chi connectivity index (χ1v) is 8.85. The Morgan fingerprint density at radius 1 is 1.08 bits per heavy atom. The molecule has 1 heterocycles. The maximum absolute atomic E-state index is 12.8. The highest BCUT2D eigenvalue weighted by Crippen LogP contribution is 2.22. The van der Waals surface area contributed by atoms with Gasteiger partial charge >= 0.3 is 0 Å². The smallest absolute Gasteiger partial charge is 0.254 e. The fraction of sp³-hybridized carbons (Fsp3) is 0.286. The summed E-state index contributed by atoms with van der Waals surface area (Å²) in [6.45, 7) is 0.565. The van der Waals surface area contributed by atoms with E-state index >= 15 is 0 Å². The summed E-state index contributed by atoms with van der Waals surface area (Å²) in [5.41, 5.74) is 1.46. The highest BCUT2D eigenvalue weighted by molar-refractivity contribution is 5.98. The van der Waals surface area contributed by atoms with Crippen LogP contribution < -0.4 is 5.32 Å². The summed E-state index contributed by atoms with van der Waals surface area (Å²) in [6.07, 6.45) is 2.43. The van der Waals surface area contributed by atoms with E-state index in [1.54, 1.807) is 17.0 Å². The molecule has 0 bridgehead atoms. The average Bonchev–Trinajstić information content (AvgIpc) is 3.18. The molecular formula is C21H22N2O3. The van der Waals surface area contributed by atoms with Gasteiger partial charge in [-0.15, -0.1) is 0 Å². The summed E-state index contributed by atoms with van der Waals surface area (Å²) in [5.74, 6) is -0.336. The second-order valence-electron chi connectivity index (χ2n) is 6.40. The Bertz CT molecular complexity index is 761. The minimum Gasteiger partial charge on any atom is -0.347 e. The summed E-state index contributed by atoms with van der Waals surface area (Å²) in [4.78, 5) is 38.2. The van der Waals surface area contributed by atoms with E-state index in [1.165, 1.54) is 0 Å². The summed E-state index contributed by atoms with van der Waals surface area (Å²) in [6, 6.07) is 17.5. The zero-order valence-electron chi connectivity index (χ0n) is 14.5. The van der Waals surface area contributed by atoms with Crippen molar-refractivity contribution in [2.45, 2.75) is 31.3 Å². The van der Waals surface area contributed by atoms with E-state index in [0.717, 1.165) is 18.3 Å². The number of hydrogen-bond acceptors (Lipinski definition) is 3. The van der Waals surface area contributed by atoms with E-state index in [2.05, 4.69) is 5.32 Å². The van der Waals surface area contributed by atoms with Crippen molar-refractivity contribution in [1.82, 2.24) is 10.2 Å². The lowest BCUT2D eigenvalue weighted by molar-refractivity contribution is -0.125. The van der Waals surface area contributed by atoms with Gasteiger partial charge in [0.1, 0.15) is 12.3 Å². The third kappa shape index (κ3) is 3.99. The lowest BCUT2D eigenvalue weighted by atomic mass is 10.0. The van der Waals surface area contributed by atoms with Crippen molar-refractivity contribution < 1.29 is 14.4 Å². The first kappa shape index (κ1) is 17.9. The monoisotopic (exact) mass is 350 g/mol. The highest BCUT2D eigenvalue weighted by Gasteiger charge is 2.35. The van der Waals surface area contributed by atoms with Gasteiger partial charge in [0, 0.05) is 18.5 Å². The van der Waals surface area contributed by atoms with Crippen LogP contribution in [-0.4, -0.2) is 35.6 Å². The van der Waals surface area contributed by atoms with E-state index in [-0.39, 0.29) is 24.3 Å². The third-order valence-electron chi connectivity index (χ3n) is 4.69. The molecule has 5 heteroatoms. The molecule has 2 atom stereocenters. The lowest BCUT2D eigenvalue weighted by Gasteiger charge is -2.26. The van der Waals surface area contributed by atoms with Crippen LogP contribution in [0.25, 0.3) is 0 Å². The molecule has 1 aliphatic rings. The Kier molecular flexibility index (Phi) is 5.79. The molecule has 0 radical (unpaired) electrons. The first-order chi connectivity index (χ1) is 12.7. The molecule has 0 saturated carbocycles. The van der Waals surface area contributed by atoms with Crippen LogP contribution in [0.15, 0.2) is 60.7 Å². The van der Waals surface area contributed by atoms with Gasteiger partial charge in [-0.3, -0.25) is 9.59 Å². The van der Waals surface area contributed by atoms with Crippen LogP contribution >= 0.6 is 0 Å². The molecule has 1 fully saturated rings. The van der Waals surface area contributed by atoms with Crippen LogP contribution in [0.1, 0.15) is 41.2 Å². The molecule has 134 valence electrons. The molecular weight excluding hydrogens is 328 g/mol. The predicted octanol–water partition coefficient (Wildman–Crippen LogP) is 2.74. The zero-order chi connectivity index (χ0) is 18.4. The average molecular weight is 350 g/mol. The number of likely N-dealkylation sites (tertiary alicyclic amines) is 1. The molecule has 0 spiro atoms. The topological polar surface area (TPSA) is 66.5 Å². The summed E-state index contributed by atoms with van der Waals surface area (Å²) >= 11 is 0. The van der Waals surface area contributed by atoms with E-state index in [9.17, 15) is 14.4 Å². The van der Waals surface area contributed by atoms with Gasteiger partial charge in [0.25, 0.3) is 5.91 Å². The second-order valence-corrected chi connectivity index (χ2v) is 6.40. The van der Waals surface area contributed by atoms with Gasteiger partial charge < -0.3 is 15.0 Å². The molecule has 2 aromatic carbocycles. The number of rotatable bonds is 6. The van der Waals surface area contributed by atoms with E-state index < -0.39 is 6.04 Å². The van der Waals surface area contributed by atoms with Crippen LogP contribution in [-0.2, 0) is 9.59 Å². The van der Waals surface area contributed by atoms with Crippen molar-refractivity contribution in [2.75, 3.05) is 6.54 Å². The van der Waals surface area contributed by atoms with Crippen molar-refractivity contribution >= 4 is 18.1 Å². The van der Waals surface area contributed by atoms with Gasteiger partial charge in [-0.05, 0) is 30.5 Å². The number of carbonyl (C=O) groups excluding carboxylic acids is 3.